The predicted molar refractivity (Wildman–Crippen MR) is 74.6 cm³/mol. The van der Waals surface area contributed by atoms with Crippen LogP contribution < -0.4 is 0 Å². The molecule has 3 heteroatoms. The van der Waals surface area contributed by atoms with Crippen LogP contribution in [0.15, 0.2) is 30.3 Å². The molecule has 0 atom stereocenters. The van der Waals surface area contributed by atoms with Gasteiger partial charge in [-0.05, 0) is 37.3 Å². The molecule has 0 saturated heterocycles. The summed E-state index contributed by atoms with van der Waals surface area (Å²) in [4.78, 5) is 11.1. The molecule has 2 aromatic rings. The maximum Gasteiger partial charge on any atom is 0.151 e. The number of carbonyl (C=O) groups is 1. The van der Waals surface area contributed by atoms with E-state index < -0.39 is 0 Å². The monoisotopic (exact) mass is 259 g/mol. The second-order valence-electron chi connectivity index (χ2n) is 5.75. The Kier molecular flexibility index (Phi) is 3.31. The number of aromatic nitrogens is 1. The van der Waals surface area contributed by atoms with Gasteiger partial charge in [0.25, 0.3) is 0 Å². The quantitative estimate of drug-likeness (QED) is 0.746. The van der Waals surface area contributed by atoms with Crippen molar-refractivity contribution in [3.63, 3.8) is 0 Å². The van der Waals surface area contributed by atoms with Gasteiger partial charge in [-0.1, -0.05) is 20.8 Å². The van der Waals surface area contributed by atoms with Crippen LogP contribution in [0.3, 0.4) is 0 Å². The van der Waals surface area contributed by atoms with Crippen molar-refractivity contribution in [3.8, 4) is 5.69 Å². The lowest BCUT2D eigenvalue weighted by atomic mass is 9.92. The van der Waals surface area contributed by atoms with E-state index in [2.05, 4.69) is 20.8 Å². The highest BCUT2D eigenvalue weighted by Crippen LogP contribution is 2.30. The SMILES string of the molecule is Cc1c(C=O)cc(C(C)(C)C)n1-c1ccc(F)cc1. The van der Waals surface area contributed by atoms with Crippen molar-refractivity contribution in [1.29, 1.82) is 0 Å². The molecule has 100 valence electrons. The van der Waals surface area contributed by atoms with E-state index in [9.17, 15) is 9.18 Å². The number of carbonyl (C=O) groups excluding carboxylic acids is 1. The van der Waals surface area contributed by atoms with E-state index in [4.69, 9.17) is 0 Å². The maximum atomic E-state index is 13.0. The predicted octanol–water partition coefficient (Wildman–Crippen LogP) is 4.03. The molecule has 0 unspecified atom stereocenters. The molecule has 0 radical (unpaired) electrons. The summed E-state index contributed by atoms with van der Waals surface area (Å²) in [5.41, 5.74) is 3.37. The van der Waals surface area contributed by atoms with Gasteiger partial charge in [0.15, 0.2) is 6.29 Å². The Morgan fingerprint density at radius 1 is 1.16 bits per heavy atom. The molecule has 0 fully saturated rings. The highest BCUT2D eigenvalue weighted by molar-refractivity contribution is 5.78. The van der Waals surface area contributed by atoms with Crippen LogP contribution in [-0.4, -0.2) is 10.9 Å². The van der Waals surface area contributed by atoms with Gasteiger partial charge in [-0.15, -0.1) is 0 Å². The summed E-state index contributed by atoms with van der Waals surface area (Å²) in [5, 5.41) is 0. The Morgan fingerprint density at radius 3 is 2.21 bits per heavy atom. The third kappa shape index (κ3) is 2.46. The second-order valence-corrected chi connectivity index (χ2v) is 5.75. The van der Waals surface area contributed by atoms with E-state index in [1.165, 1.54) is 12.1 Å². The van der Waals surface area contributed by atoms with E-state index >= 15 is 0 Å². The zero-order valence-electron chi connectivity index (χ0n) is 11.7. The smallest absolute Gasteiger partial charge is 0.151 e. The first kappa shape index (κ1) is 13.5. The second kappa shape index (κ2) is 4.65. The van der Waals surface area contributed by atoms with Crippen molar-refractivity contribution in [1.82, 2.24) is 4.57 Å². The van der Waals surface area contributed by atoms with Crippen LogP contribution in [0.1, 0.15) is 42.5 Å². The third-order valence-electron chi connectivity index (χ3n) is 3.27. The van der Waals surface area contributed by atoms with E-state index in [0.29, 0.717) is 5.56 Å². The number of rotatable bonds is 2. The first-order valence-electron chi connectivity index (χ1n) is 6.28. The Hall–Kier alpha value is -1.90. The summed E-state index contributed by atoms with van der Waals surface area (Å²) in [7, 11) is 0. The molecule has 0 bridgehead atoms. The number of nitrogens with zero attached hydrogens (tertiary/aromatic N) is 1. The lowest BCUT2D eigenvalue weighted by Gasteiger charge is -2.22. The average molecular weight is 259 g/mol. The topological polar surface area (TPSA) is 22.0 Å². The fraction of sp³-hybridized carbons (Fsp3) is 0.312. The summed E-state index contributed by atoms with van der Waals surface area (Å²) in [6.07, 6.45) is 0.866. The van der Waals surface area contributed by atoms with Crippen molar-refractivity contribution in [2.75, 3.05) is 0 Å². The minimum atomic E-state index is -0.263. The molecule has 0 N–H and O–H groups in total. The normalized spacial score (nSPS) is 11.6. The molecule has 19 heavy (non-hydrogen) atoms. The molecule has 1 aromatic heterocycles. The van der Waals surface area contributed by atoms with Crippen LogP contribution in [0.5, 0.6) is 0 Å². The van der Waals surface area contributed by atoms with Crippen LogP contribution in [0.4, 0.5) is 4.39 Å². The third-order valence-corrected chi connectivity index (χ3v) is 3.27. The van der Waals surface area contributed by atoms with Crippen LogP contribution in [-0.2, 0) is 5.41 Å². The summed E-state index contributed by atoms with van der Waals surface area (Å²) >= 11 is 0. The molecule has 0 spiro atoms. The van der Waals surface area contributed by atoms with Gasteiger partial charge in [-0.3, -0.25) is 4.79 Å². The number of hydrogen-bond acceptors (Lipinski definition) is 1. The molecular formula is C16H18FNO. The molecule has 0 aliphatic heterocycles. The summed E-state index contributed by atoms with van der Waals surface area (Å²) in [5.74, 6) is -0.263. The Balaban J connectivity index is 2.70. The molecule has 1 heterocycles. The Morgan fingerprint density at radius 2 is 1.74 bits per heavy atom. The molecule has 2 nitrogen and oxygen atoms in total. The molecule has 0 aliphatic rings. The standard InChI is InChI=1S/C16H18FNO/c1-11-12(10-19)9-15(16(2,3)4)18(11)14-7-5-13(17)6-8-14/h5-10H,1-4H3. The number of aldehydes is 1. The van der Waals surface area contributed by atoms with Gasteiger partial charge < -0.3 is 4.57 Å². The molecule has 0 saturated carbocycles. The van der Waals surface area contributed by atoms with Crippen molar-refractivity contribution in [2.45, 2.75) is 33.1 Å². The first-order valence-corrected chi connectivity index (χ1v) is 6.28. The van der Waals surface area contributed by atoms with E-state index in [1.54, 1.807) is 12.1 Å². The summed E-state index contributed by atoms with van der Waals surface area (Å²) in [6.45, 7) is 8.19. The van der Waals surface area contributed by atoms with Crippen molar-refractivity contribution < 1.29 is 9.18 Å². The van der Waals surface area contributed by atoms with Gasteiger partial charge in [0.05, 0.1) is 0 Å². The van der Waals surface area contributed by atoms with Gasteiger partial charge in [0, 0.05) is 28.1 Å². The zero-order valence-corrected chi connectivity index (χ0v) is 11.7. The van der Waals surface area contributed by atoms with E-state index in [0.717, 1.165) is 23.4 Å². The van der Waals surface area contributed by atoms with E-state index in [1.807, 2.05) is 17.6 Å². The lowest BCUT2D eigenvalue weighted by molar-refractivity contribution is 0.112. The molecule has 1 aromatic carbocycles. The van der Waals surface area contributed by atoms with Crippen LogP contribution in [0.2, 0.25) is 0 Å². The Labute approximate surface area is 112 Å². The first-order chi connectivity index (χ1) is 8.84. The summed E-state index contributed by atoms with van der Waals surface area (Å²) in [6, 6.07) is 8.23. The van der Waals surface area contributed by atoms with Gasteiger partial charge in [0.1, 0.15) is 5.82 Å². The van der Waals surface area contributed by atoms with Crippen molar-refractivity contribution in [3.05, 3.63) is 53.1 Å². The Bertz CT molecular complexity index is 603. The van der Waals surface area contributed by atoms with Crippen molar-refractivity contribution >= 4 is 6.29 Å². The summed E-state index contributed by atoms with van der Waals surface area (Å²) < 4.78 is 15.1. The molecular weight excluding hydrogens is 241 g/mol. The maximum absolute atomic E-state index is 13.0. The lowest BCUT2D eigenvalue weighted by Crippen LogP contribution is -2.17. The molecule has 2 rings (SSSR count). The van der Waals surface area contributed by atoms with Crippen LogP contribution in [0.25, 0.3) is 5.69 Å². The zero-order chi connectivity index (χ0) is 14.2. The van der Waals surface area contributed by atoms with Gasteiger partial charge >= 0.3 is 0 Å². The molecule has 0 amide bonds. The fourth-order valence-electron chi connectivity index (χ4n) is 2.22. The van der Waals surface area contributed by atoms with Gasteiger partial charge in [0.2, 0.25) is 0 Å². The minimum absolute atomic E-state index is 0.0968. The van der Waals surface area contributed by atoms with Gasteiger partial charge in [-0.2, -0.15) is 0 Å². The minimum Gasteiger partial charge on any atom is -0.317 e. The number of benzene rings is 1. The molecule has 0 aliphatic carbocycles. The average Bonchev–Trinajstić information content (AvgIpc) is 2.67. The highest BCUT2D eigenvalue weighted by Gasteiger charge is 2.22. The highest BCUT2D eigenvalue weighted by atomic mass is 19.1. The van der Waals surface area contributed by atoms with Gasteiger partial charge in [-0.25, -0.2) is 4.39 Å². The van der Waals surface area contributed by atoms with Crippen molar-refractivity contribution in [2.24, 2.45) is 0 Å². The van der Waals surface area contributed by atoms with Crippen LogP contribution >= 0.6 is 0 Å². The number of halogens is 1. The largest absolute Gasteiger partial charge is 0.317 e. The number of hydrogen-bond donors (Lipinski definition) is 0. The van der Waals surface area contributed by atoms with E-state index in [-0.39, 0.29) is 11.2 Å². The van der Waals surface area contributed by atoms with Crippen LogP contribution in [0, 0.1) is 12.7 Å². The fourth-order valence-corrected chi connectivity index (χ4v) is 2.22.